The standard InChI is InChI=1S/C16H19N3O3/c1-11-4-5-13(12(2)10-11)17-16(21)14-6-7-15(20)19(18-14)8-9-22-3/h4-7,10H,8-9H2,1-3H3,(H,17,21). The van der Waals surface area contributed by atoms with Crippen molar-refractivity contribution in [3.05, 3.63) is 57.5 Å². The number of carbonyl (C=O) groups is 1. The Balaban J connectivity index is 2.20. The molecule has 0 atom stereocenters. The van der Waals surface area contributed by atoms with Crippen LogP contribution in [0.3, 0.4) is 0 Å². The van der Waals surface area contributed by atoms with Crippen LogP contribution in [0.1, 0.15) is 21.6 Å². The van der Waals surface area contributed by atoms with Crippen LogP contribution < -0.4 is 10.9 Å². The largest absolute Gasteiger partial charge is 0.383 e. The first-order valence-corrected chi connectivity index (χ1v) is 6.97. The van der Waals surface area contributed by atoms with Crippen LogP contribution in [0.2, 0.25) is 0 Å². The van der Waals surface area contributed by atoms with Crippen molar-refractivity contribution in [1.82, 2.24) is 9.78 Å². The maximum Gasteiger partial charge on any atom is 0.276 e. The Morgan fingerprint density at radius 3 is 2.73 bits per heavy atom. The number of hydrogen-bond acceptors (Lipinski definition) is 4. The summed E-state index contributed by atoms with van der Waals surface area (Å²) >= 11 is 0. The molecule has 0 saturated heterocycles. The van der Waals surface area contributed by atoms with Crippen molar-refractivity contribution >= 4 is 11.6 Å². The second kappa shape index (κ2) is 7.00. The van der Waals surface area contributed by atoms with E-state index >= 15 is 0 Å². The molecule has 0 aliphatic rings. The molecule has 0 spiro atoms. The summed E-state index contributed by atoms with van der Waals surface area (Å²) in [5, 5.41) is 6.87. The fourth-order valence-corrected chi connectivity index (χ4v) is 2.05. The predicted octanol–water partition coefficient (Wildman–Crippen LogP) is 1.76. The highest BCUT2D eigenvalue weighted by atomic mass is 16.5. The van der Waals surface area contributed by atoms with Crippen LogP contribution in [0.5, 0.6) is 0 Å². The van der Waals surface area contributed by atoms with Crippen molar-refractivity contribution in [2.45, 2.75) is 20.4 Å². The third-order valence-corrected chi connectivity index (χ3v) is 3.24. The van der Waals surface area contributed by atoms with Crippen LogP contribution in [-0.4, -0.2) is 29.4 Å². The normalized spacial score (nSPS) is 10.5. The Bertz CT molecular complexity index is 738. The summed E-state index contributed by atoms with van der Waals surface area (Å²) in [5.74, 6) is -0.349. The maximum absolute atomic E-state index is 12.3. The molecule has 0 radical (unpaired) electrons. The van der Waals surface area contributed by atoms with Crippen molar-refractivity contribution in [3.8, 4) is 0 Å². The zero-order valence-corrected chi connectivity index (χ0v) is 12.9. The molecule has 1 aromatic carbocycles. The van der Waals surface area contributed by atoms with Gasteiger partial charge in [-0.3, -0.25) is 9.59 Å². The van der Waals surface area contributed by atoms with Gasteiger partial charge in [-0.25, -0.2) is 4.68 Å². The maximum atomic E-state index is 12.3. The van der Waals surface area contributed by atoms with Gasteiger partial charge in [0.15, 0.2) is 0 Å². The van der Waals surface area contributed by atoms with E-state index in [1.165, 1.54) is 16.8 Å². The summed E-state index contributed by atoms with van der Waals surface area (Å²) < 4.78 is 6.15. The number of aryl methyl sites for hydroxylation is 2. The smallest absolute Gasteiger partial charge is 0.276 e. The summed E-state index contributed by atoms with van der Waals surface area (Å²) in [6.07, 6.45) is 0. The van der Waals surface area contributed by atoms with E-state index in [2.05, 4.69) is 10.4 Å². The molecular formula is C16H19N3O3. The fraction of sp³-hybridized carbons (Fsp3) is 0.312. The monoisotopic (exact) mass is 301 g/mol. The molecule has 0 saturated carbocycles. The molecule has 2 aromatic rings. The van der Waals surface area contributed by atoms with Crippen LogP contribution in [0.4, 0.5) is 5.69 Å². The summed E-state index contributed by atoms with van der Waals surface area (Å²) in [6.45, 7) is 4.58. The first kappa shape index (κ1) is 15.9. The lowest BCUT2D eigenvalue weighted by Gasteiger charge is -2.10. The second-order valence-corrected chi connectivity index (χ2v) is 5.05. The minimum atomic E-state index is -0.349. The number of nitrogens with one attached hydrogen (secondary N) is 1. The van der Waals surface area contributed by atoms with E-state index in [-0.39, 0.29) is 17.2 Å². The van der Waals surface area contributed by atoms with Crippen LogP contribution in [0.15, 0.2) is 35.1 Å². The molecule has 0 bridgehead atoms. The first-order chi connectivity index (χ1) is 10.5. The lowest BCUT2D eigenvalue weighted by Crippen LogP contribution is -2.27. The number of anilines is 1. The third kappa shape index (κ3) is 3.79. The van der Waals surface area contributed by atoms with E-state index in [4.69, 9.17) is 4.74 Å². The predicted molar refractivity (Wildman–Crippen MR) is 84.2 cm³/mol. The van der Waals surface area contributed by atoms with E-state index < -0.39 is 0 Å². The molecule has 1 heterocycles. The van der Waals surface area contributed by atoms with Gasteiger partial charge in [-0.05, 0) is 31.5 Å². The average molecular weight is 301 g/mol. The van der Waals surface area contributed by atoms with E-state index in [1.807, 2.05) is 32.0 Å². The number of rotatable bonds is 5. The van der Waals surface area contributed by atoms with Gasteiger partial charge in [-0.15, -0.1) is 0 Å². The van der Waals surface area contributed by atoms with Crippen LogP contribution >= 0.6 is 0 Å². The highest BCUT2D eigenvalue weighted by Gasteiger charge is 2.11. The third-order valence-electron chi connectivity index (χ3n) is 3.24. The summed E-state index contributed by atoms with van der Waals surface area (Å²) in [4.78, 5) is 23.9. The van der Waals surface area contributed by atoms with Gasteiger partial charge in [-0.1, -0.05) is 17.7 Å². The molecule has 6 nitrogen and oxygen atoms in total. The number of carbonyl (C=O) groups excluding carboxylic acids is 1. The van der Waals surface area contributed by atoms with Gasteiger partial charge in [0, 0.05) is 18.9 Å². The number of aromatic nitrogens is 2. The summed E-state index contributed by atoms with van der Waals surface area (Å²) in [7, 11) is 1.54. The Morgan fingerprint density at radius 2 is 2.05 bits per heavy atom. The zero-order valence-electron chi connectivity index (χ0n) is 12.9. The second-order valence-electron chi connectivity index (χ2n) is 5.05. The van der Waals surface area contributed by atoms with Crippen LogP contribution in [0.25, 0.3) is 0 Å². The van der Waals surface area contributed by atoms with Gasteiger partial charge in [0.05, 0.1) is 13.2 Å². The number of methoxy groups -OCH3 is 1. The molecule has 2 rings (SSSR count). The van der Waals surface area contributed by atoms with Gasteiger partial charge in [0.25, 0.3) is 11.5 Å². The van der Waals surface area contributed by atoms with Crippen molar-refractivity contribution < 1.29 is 9.53 Å². The molecule has 22 heavy (non-hydrogen) atoms. The average Bonchev–Trinajstić information content (AvgIpc) is 2.49. The Morgan fingerprint density at radius 1 is 1.27 bits per heavy atom. The quantitative estimate of drug-likeness (QED) is 0.913. The van der Waals surface area contributed by atoms with Gasteiger partial charge in [0.2, 0.25) is 0 Å². The topological polar surface area (TPSA) is 73.2 Å². The summed E-state index contributed by atoms with van der Waals surface area (Å²) in [6, 6.07) is 8.52. The molecule has 1 N–H and O–H groups in total. The van der Waals surface area contributed by atoms with Crippen molar-refractivity contribution in [2.75, 3.05) is 19.0 Å². The number of amides is 1. The van der Waals surface area contributed by atoms with E-state index in [1.54, 1.807) is 7.11 Å². The van der Waals surface area contributed by atoms with Crippen LogP contribution in [0, 0.1) is 13.8 Å². The van der Waals surface area contributed by atoms with Gasteiger partial charge in [-0.2, -0.15) is 5.10 Å². The lowest BCUT2D eigenvalue weighted by molar-refractivity contribution is 0.101. The Labute approximate surface area is 128 Å². The highest BCUT2D eigenvalue weighted by Crippen LogP contribution is 2.16. The minimum Gasteiger partial charge on any atom is -0.383 e. The van der Waals surface area contributed by atoms with E-state index in [0.29, 0.717) is 13.2 Å². The molecule has 1 aromatic heterocycles. The van der Waals surface area contributed by atoms with Crippen molar-refractivity contribution in [1.29, 1.82) is 0 Å². The molecule has 0 unspecified atom stereocenters. The molecule has 0 fully saturated rings. The van der Waals surface area contributed by atoms with Crippen molar-refractivity contribution in [2.24, 2.45) is 0 Å². The van der Waals surface area contributed by atoms with Gasteiger partial charge in [0.1, 0.15) is 5.69 Å². The zero-order chi connectivity index (χ0) is 16.1. The number of hydrogen-bond donors (Lipinski definition) is 1. The molecule has 6 heteroatoms. The Kier molecular flexibility index (Phi) is 5.06. The van der Waals surface area contributed by atoms with Crippen molar-refractivity contribution in [3.63, 3.8) is 0 Å². The Hall–Kier alpha value is -2.47. The molecular weight excluding hydrogens is 282 g/mol. The molecule has 0 aliphatic carbocycles. The van der Waals surface area contributed by atoms with Gasteiger partial charge >= 0.3 is 0 Å². The molecule has 0 aliphatic heterocycles. The van der Waals surface area contributed by atoms with Gasteiger partial charge < -0.3 is 10.1 Å². The SMILES string of the molecule is COCCn1nc(C(=O)Nc2ccc(C)cc2C)ccc1=O. The number of nitrogens with zero attached hydrogens (tertiary/aromatic N) is 2. The highest BCUT2D eigenvalue weighted by molar-refractivity contribution is 6.03. The molecule has 1 amide bonds. The molecule has 116 valence electrons. The summed E-state index contributed by atoms with van der Waals surface area (Å²) in [5.41, 5.74) is 2.76. The number of benzene rings is 1. The first-order valence-electron chi connectivity index (χ1n) is 6.97. The lowest BCUT2D eigenvalue weighted by atomic mass is 10.1. The van der Waals surface area contributed by atoms with Crippen LogP contribution in [-0.2, 0) is 11.3 Å². The van der Waals surface area contributed by atoms with E-state index in [9.17, 15) is 9.59 Å². The number of ether oxygens (including phenoxy) is 1. The minimum absolute atomic E-state index is 0.190. The fourth-order valence-electron chi connectivity index (χ4n) is 2.05. The van der Waals surface area contributed by atoms with E-state index in [0.717, 1.165) is 16.8 Å².